The smallest absolute Gasteiger partial charge is 0.222 e. The molecule has 1 aromatic carbocycles. The monoisotopic (exact) mass is 243 g/mol. The van der Waals surface area contributed by atoms with Gasteiger partial charge in [-0.2, -0.15) is 4.98 Å². The van der Waals surface area contributed by atoms with Gasteiger partial charge in [0.15, 0.2) is 0 Å². The molecule has 0 amide bonds. The first kappa shape index (κ1) is 11.2. The number of hydrogen-bond donors (Lipinski definition) is 2. The Hall–Kier alpha value is -1.88. The number of nitrogens with one attached hydrogen (secondary N) is 1. The molecule has 0 saturated carbocycles. The van der Waals surface area contributed by atoms with Gasteiger partial charge in [0.1, 0.15) is 5.82 Å². The third-order valence-corrected chi connectivity index (χ3v) is 3.35. The minimum Gasteiger partial charge on any atom is -0.368 e. The van der Waals surface area contributed by atoms with Crippen molar-refractivity contribution in [2.45, 2.75) is 6.92 Å². The SMILES string of the molecule is Cc1cccc2nc(N)nc(N3CCNCC3)c12. The molecule has 2 aromatic rings. The fourth-order valence-electron chi connectivity index (χ4n) is 2.45. The number of hydrogen-bond acceptors (Lipinski definition) is 5. The minimum absolute atomic E-state index is 0.349. The van der Waals surface area contributed by atoms with Crippen LogP contribution >= 0.6 is 0 Å². The topological polar surface area (TPSA) is 67.1 Å². The van der Waals surface area contributed by atoms with E-state index in [1.807, 2.05) is 12.1 Å². The molecule has 1 aliphatic heterocycles. The van der Waals surface area contributed by atoms with E-state index < -0.39 is 0 Å². The number of anilines is 2. The third-order valence-electron chi connectivity index (χ3n) is 3.35. The third kappa shape index (κ3) is 1.86. The zero-order valence-corrected chi connectivity index (χ0v) is 10.5. The summed E-state index contributed by atoms with van der Waals surface area (Å²) in [4.78, 5) is 11.0. The molecule has 3 rings (SSSR count). The summed E-state index contributed by atoms with van der Waals surface area (Å²) in [5.41, 5.74) is 7.94. The molecule has 3 N–H and O–H groups in total. The first-order chi connectivity index (χ1) is 8.75. The van der Waals surface area contributed by atoms with Crippen molar-refractivity contribution in [2.24, 2.45) is 0 Å². The molecule has 18 heavy (non-hydrogen) atoms. The van der Waals surface area contributed by atoms with E-state index in [-0.39, 0.29) is 0 Å². The molecule has 1 saturated heterocycles. The Morgan fingerprint density at radius 2 is 2.00 bits per heavy atom. The van der Waals surface area contributed by atoms with Crippen molar-refractivity contribution in [1.82, 2.24) is 15.3 Å². The van der Waals surface area contributed by atoms with Gasteiger partial charge in [0.2, 0.25) is 5.95 Å². The number of aromatic nitrogens is 2. The van der Waals surface area contributed by atoms with Gasteiger partial charge in [-0.1, -0.05) is 12.1 Å². The lowest BCUT2D eigenvalue weighted by molar-refractivity contribution is 0.586. The number of nitrogens with zero attached hydrogens (tertiary/aromatic N) is 3. The van der Waals surface area contributed by atoms with Gasteiger partial charge in [-0.25, -0.2) is 4.98 Å². The molecule has 5 heteroatoms. The van der Waals surface area contributed by atoms with E-state index in [9.17, 15) is 0 Å². The van der Waals surface area contributed by atoms with Crippen molar-refractivity contribution in [3.8, 4) is 0 Å². The summed E-state index contributed by atoms with van der Waals surface area (Å²) in [6, 6.07) is 6.09. The van der Waals surface area contributed by atoms with Crippen molar-refractivity contribution in [1.29, 1.82) is 0 Å². The van der Waals surface area contributed by atoms with Crippen molar-refractivity contribution in [3.63, 3.8) is 0 Å². The predicted molar refractivity (Wildman–Crippen MR) is 73.8 cm³/mol. The highest BCUT2D eigenvalue weighted by Gasteiger charge is 2.17. The zero-order chi connectivity index (χ0) is 12.5. The summed E-state index contributed by atoms with van der Waals surface area (Å²) in [6.45, 7) is 5.97. The van der Waals surface area contributed by atoms with Crippen LogP contribution in [0.3, 0.4) is 0 Å². The van der Waals surface area contributed by atoms with Crippen LogP contribution in [0.1, 0.15) is 5.56 Å². The number of nitrogens with two attached hydrogens (primary N) is 1. The van der Waals surface area contributed by atoms with Gasteiger partial charge in [-0.05, 0) is 18.6 Å². The molecule has 0 radical (unpaired) electrons. The zero-order valence-electron chi connectivity index (χ0n) is 10.5. The lowest BCUT2D eigenvalue weighted by Crippen LogP contribution is -2.44. The number of aryl methyl sites for hydroxylation is 1. The second kappa shape index (κ2) is 4.42. The summed E-state index contributed by atoms with van der Waals surface area (Å²) in [6.07, 6.45) is 0. The van der Waals surface area contributed by atoms with Gasteiger partial charge >= 0.3 is 0 Å². The van der Waals surface area contributed by atoms with Gasteiger partial charge in [-0.15, -0.1) is 0 Å². The molecule has 0 spiro atoms. The van der Waals surface area contributed by atoms with E-state index >= 15 is 0 Å². The average Bonchev–Trinajstić information content (AvgIpc) is 2.39. The highest BCUT2D eigenvalue weighted by Crippen LogP contribution is 2.27. The number of benzene rings is 1. The molecule has 5 nitrogen and oxygen atoms in total. The van der Waals surface area contributed by atoms with Crippen LogP contribution in [-0.4, -0.2) is 36.1 Å². The fourth-order valence-corrected chi connectivity index (χ4v) is 2.45. The largest absolute Gasteiger partial charge is 0.368 e. The van der Waals surface area contributed by atoms with Crippen molar-refractivity contribution in [3.05, 3.63) is 23.8 Å². The Kier molecular flexibility index (Phi) is 2.76. The van der Waals surface area contributed by atoms with Crippen molar-refractivity contribution >= 4 is 22.7 Å². The molecule has 1 aliphatic rings. The van der Waals surface area contributed by atoms with Gasteiger partial charge < -0.3 is 16.0 Å². The second-order valence-corrected chi connectivity index (χ2v) is 4.61. The molecule has 2 heterocycles. The van der Waals surface area contributed by atoms with E-state index in [1.54, 1.807) is 0 Å². The number of nitrogen functional groups attached to an aromatic ring is 1. The summed E-state index contributed by atoms with van der Waals surface area (Å²) in [5.74, 6) is 1.32. The molecule has 0 atom stereocenters. The van der Waals surface area contributed by atoms with Gasteiger partial charge in [0.25, 0.3) is 0 Å². The van der Waals surface area contributed by atoms with E-state index in [1.165, 1.54) is 5.56 Å². The first-order valence-corrected chi connectivity index (χ1v) is 6.24. The molecule has 0 unspecified atom stereocenters. The summed E-state index contributed by atoms with van der Waals surface area (Å²) in [7, 11) is 0. The average molecular weight is 243 g/mol. The van der Waals surface area contributed by atoms with Crippen LogP contribution in [0.5, 0.6) is 0 Å². The van der Waals surface area contributed by atoms with Gasteiger partial charge in [0.05, 0.1) is 5.52 Å². The standard InChI is InChI=1S/C13H17N5/c1-9-3-2-4-10-11(9)12(17-13(14)16-10)18-7-5-15-6-8-18/h2-4,15H,5-8H2,1H3,(H2,14,16,17). The Bertz CT molecular complexity index is 575. The minimum atomic E-state index is 0.349. The second-order valence-electron chi connectivity index (χ2n) is 4.61. The number of piperazine rings is 1. The van der Waals surface area contributed by atoms with E-state index in [4.69, 9.17) is 5.73 Å². The van der Waals surface area contributed by atoms with Crippen LogP contribution in [0.25, 0.3) is 10.9 Å². The van der Waals surface area contributed by atoms with Crippen LogP contribution in [0.4, 0.5) is 11.8 Å². The Morgan fingerprint density at radius 1 is 1.22 bits per heavy atom. The maximum Gasteiger partial charge on any atom is 0.222 e. The quantitative estimate of drug-likeness (QED) is 0.780. The normalized spacial score (nSPS) is 16.2. The maximum atomic E-state index is 5.82. The number of rotatable bonds is 1. The molecular weight excluding hydrogens is 226 g/mol. The van der Waals surface area contributed by atoms with Crippen LogP contribution in [0, 0.1) is 6.92 Å². The van der Waals surface area contributed by atoms with E-state index in [0.717, 1.165) is 42.9 Å². The molecule has 1 aromatic heterocycles. The van der Waals surface area contributed by atoms with Crippen molar-refractivity contribution in [2.75, 3.05) is 36.8 Å². The molecule has 94 valence electrons. The maximum absolute atomic E-state index is 5.82. The summed E-state index contributed by atoms with van der Waals surface area (Å²) in [5, 5.41) is 4.46. The molecule has 1 fully saturated rings. The highest BCUT2D eigenvalue weighted by molar-refractivity contribution is 5.93. The molecule has 0 aliphatic carbocycles. The summed E-state index contributed by atoms with van der Waals surface area (Å²) < 4.78 is 0. The van der Waals surface area contributed by atoms with Crippen molar-refractivity contribution < 1.29 is 0 Å². The van der Waals surface area contributed by atoms with Crippen LogP contribution in [0.15, 0.2) is 18.2 Å². The first-order valence-electron chi connectivity index (χ1n) is 6.24. The molecule has 0 bridgehead atoms. The van der Waals surface area contributed by atoms with Gasteiger partial charge in [0, 0.05) is 31.6 Å². The fraction of sp³-hybridized carbons (Fsp3) is 0.385. The predicted octanol–water partition coefficient (Wildman–Crippen LogP) is 0.930. The lowest BCUT2D eigenvalue weighted by atomic mass is 10.1. The van der Waals surface area contributed by atoms with Crippen LogP contribution in [-0.2, 0) is 0 Å². The molecular formula is C13H17N5. The van der Waals surface area contributed by atoms with Crippen LogP contribution < -0.4 is 16.0 Å². The summed E-state index contributed by atoms with van der Waals surface area (Å²) >= 11 is 0. The van der Waals surface area contributed by atoms with E-state index in [2.05, 4.69) is 33.2 Å². The van der Waals surface area contributed by atoms with Gasteiger partial charge in [-0.3, -0.25) is 0 Å². The Morgan fingerprint density at radius 3 is 2.78 bits per heavy atom. The van der Waals surface area contributed by atoms with E-state index in [0.29, 0.717) is 5.95 Å². The lowest BCUT2D eigenvalue weighted by Gasteiger charge is -2.29. The number of fused-ring (bicyclic) bond motifs is 1. The van der Waals surface area contributed by atoms with Crippen LogP contribution in [0.2, 0.25) is 0 Å². The Labute approximate surface area is 106 Å². The Balaban J connectivity index is 2.19. The highest BCUT2D eigenvalue weighted by atomic mass is 15.2.